The van der Waals surface area contributed by atoms with Crippen molar-refractivity contribution in [3.05, 3.63) is 54.1 Å². The summed E-state index contributed by atoms with van der Waals surface area (Å²) in [5.74, 6) is 1.29. The van der Waals surface area contributed by atoms with Gasteiger partial charge in [-0.25, -0.2) is 0 Å². The molecule has 0 bridgehead atoms. The average molecular weight is 314 g/mol. The molecule has 0 aromatic heterocycles. The molecule has 0 aliphatic heterocycles. The van der Waals surface area contributed by atoms with Gasteiger partial charge in [-0.1, -0.05) is 24.3 Å². The number of methoxy groups -OCH3 is 1. The van der Waals surface area contributed by atoms with Crippen molar-refractivity contribution in [2.75, 3.05) is 19.4 Å². The number of ether oxygens (including phenoxy) is 2. The van der Waals surface area contributed by atoms with Crippen molar-refractivity contribution in [1.29, 1.82) is 0 Å². The van der Waals surface area contributed by atoms with Crippen molar-refractivity contribution >= 4 is 11.6 Å². The molecular weight excluding hydrogens is 292 g/mol. The number of rotatable bonds is 7. The number of anilines is 1. The summed E-state index contributed by atoms with van der Waals surface area (Å²) in [6, 6.07) is 14.7. The van der Waals surface area contributed by atoms with E-state index in [4.69, 9.17) is 15.2 Å². The van der Waals surface area contributed by atoms with Gasteiger partial charge in [0.05, 0.1) is 20.1 Å². The Morgan fingerprint density at radius 1 is 1.13 bits per heavy atom. The lowest BCUT2D eigenvalue weighted by atomic mass is 10.1. The zero-order chi connectivity index (χ0) is 16.7. The van der Waals surface area contributed by atoms with E-state index in [9.17, 15) is 4.79 Å². The van der Waals surface area contributed by atoms with Gasteiger partial charge in [0.1, 0.15) is 6.10 Å². The maximum atomic E-state index is 12.0. The second-order valence-electron chi connectivity index (χ2n) is 5.30. The van der Waals surface area contributed by atoms with Crippen LogP contribution in [0.2, 0.25) is 0 Å². The molecule has 2 rings (SSSR count). The molecule has 0 saturated carbocycles. The van der Waals surface area contributed by atoms with E-state index in [-0.39, 0.29) is 12.0 Å². The molecule has 2 aromatic rings. The lowest BCUT2D eigenvalue weighted by Gasteiger charge is -2.17. The molecule has 0 aliphatic carbocycles. The Morgan fingerprint density at radius 3 is 2.43 bits per heavy atom. The van der Waals surface area contributed by atoms with Gasteiger partial charge in [-0.2, -0.15) is 0 Å². The van der Waals surface area contributed by atoms with Crippen LogP contribution in [0.4, 0.5) is 5.69 Å². The minimum atomic E-state index is -0.165. The molecule has 1 unspecified atom stereocenters. The van der Waals surface area contributed by atoms with Crippen LogP contribution >= 0.6 is 0 Å². The standard InChI is InChI=1S/C18H22N2O3/c1-13(23-17-6-4-3-5-16(17)22-2)12-20-18(21)11-14-7-9-15(19)10-8-14/h3-10,13H,11-12,19H2,1-2H3,(H,20,21). The summed E-state index contributed by atoms with van der Waals surface area (Å²) in [6.07, 6.45) is 0.156. The predicted molar refractivity (Wildman–Crippen MR) is 90.7 cm³/mol. The zero-order valence-corrected chi connectivity index (χ0v) is 13.4. The summed E-state index contributed by atoms with van der Waals surface area (Å²) >= 11 is 0. The molecule has 5 nitrogen and oxygen atoms in total. The Labute approximate surface area is 136 Å². The van der Waals surface area contributed by atoms with Gasteiger partial charge in [0, 0.05) is 5.69 Å². The van der Waals surface area contributed by atoms with E-state index in [2.05, 4.69) is 5.32 Å². The van der Waals surface area contributed by atoms with Crippen LogP contribution < -0.4 is 20.5 Å². The summed E-state index contributed by atoms with van der Waals surface area (Å²) in [5.41, 5.74) is 7.24. The average Bonchev–Trinajstić information content (AvgIpc) is 2.55. The molecule has 0 fully saturated rings. The number of nitrogen functional groups attached to an aromatic ring is 1. The molecule has 1 amide bonds. The Balaban J connectivity index is 1.80. The normalized spacial score (nSPS) is 11.6. The Kier molecular flexibility index (Phi) is 5.86. The second kappa shape index (κ2) is 8.08. The van der Waals surface area contributed by atoms with Crippen LogP contribution in [0.1, 0.15) is 12.5 Å². The number of benzene rings is 2. The number of hydrogen-bond donors (Lipinski definition) is 2. The highest BCUT2D eigenvalue weighted by molar-refractivity contribution is 5.78. The van der Waals surface area contributed by atoms with Gasteiger partial charge in [-0.3, -0.25) is 4.79 Å². The quantitative estimate of drug-likeness (QED) is 0.770. The molecular formula is C18H22N2O3. The van der Waals surface area contributed by atoms with E-state index >= 15 is 0 Å². The van der Waals surface area contributed by atoms with Gasteiger partial charge >= 0.3 is 0 Å². The summed E-state index contributed by atoms with van der Waals surface area (Å²) in [6.45, 7) is 2.32. The fourth-order valence-corrected chi connectivity index (χ4v) is 2.12. The van der Waals surface area contributed by atoms with E-state index in [1.165, 1.54) is 0 Å². The third-order valence-corrected chi connectivity index (χ3v) is 3.33. The second-order valence-corrected chi connectivity index (χ2v) is 5.30. The number of carbonyl (C=O) groups is 1. The molecule has 5 heteroatoms. The van der Waals surface area contributed by atoms with E-state index in [1.807, 2.05) is 43.3 Å². The van der Waals surface area contributed by atoms with E-state index < -0.39 is 0 Å². The van der Waals surface area contributed by atoms with Gasteiger partial charge in [-0.15, -0.1) is 0 Å². The molecule has 23 heavy (non-hydrogen) atoms. The zero-order valence-electron chi connectivity index (χ0n) is 13.4. The van der Waals surface area contributed by atoms with Crippen molar-refractivity contribution in [3.8, 4) is 11.5 Å². The minimum Gasteiger partial charge on any atom is -0.493 e. The molecule has 0 aliphatic rings. The Bertz CT molecular complexity index is 641. The maximum absolute atomic E-state index is 12.0. The maximum Gasteiger partial charge on any atom is 0.224 e. The monoisotopic (exact) mass is 314 g/mol. The smallest absolute Gasteiger partial charge is 0.224 e. The van der Waals surface area contributed by atoms with Crippen LogP contribution in [-0.4, -0.2) is 25.7 Å². The third-order valence-electron chi connectivity index (χ3n) is 3.33. The van der Waals surface area contributed by atoms with Gasteiger partial charge in [0.2, 0.25) is 5.91 Å². The summed E-state index contributed by atoms with van der Waals surface area (Å²) in [7, 11) is 1.60. The largest absolute Gasteiger partial charge is 0.493 e. The SMILES string of the molecule is COc1ccccc1OC(C)CNC(=O)Cc1ccc(N)cc1. The van der Waals surface area contributed by atoms with Gasteiger partial charge < -0.3 is 20.5 Å². The van der Waals surface area contributed by atoms with Gasteiger partial charge in [0.25, 0.3) is 0 Å². The first kappa shape index (κ1) is 16.7. The van der Waals surface area contributed by atoms with Crippen molar-refractivity contribution in [3.63, 3.8) is 0 Å². The molecule has 2 aromatic carbocycles. The van der Waals surface area contributed by atoms with Gasteiger partial charge in [-0.05, 0) is 36.8 Å². The first-order valence-electron chi connectivity index (χ1n) is 7.49. The fourth-order valence-electron chi connectivity index (χ4n) is 2.12. The lowest BCUT2D eigenvalue weighted by molar-refractivity contribution is -0.120. The van der Waals surface area contributed by atoms with E-state index in [0.717, 1.165) is 5.56 Å². The van der Waals surface area contributed by atoms with Crippen LogP contribution in [0.25, 0.3) is 0 Å². The summed E-state index contributed by atoms with van der Waals surface area (Å²) in [5, 5.41) is 2.87. The van der Waals surface area contributed by atoms with Crippen LogP contribution in [0.3, 0.4) is 0 Å². The lowest BCUT2D eigenvalue weighted by Crippen LogP contribution is -2.34. The van der Waals surface area contributed by atoms with Crippen molar-refractivity contribution in [2.24, 2.45) is 0 Å². The van der Waals surface area contributed by atoms with Crippen LogP contribution in [0.5, 0.6) is 11.5 Å². The van der Waals surface area contributed by atoms with Crippen molar-refractivity contribution in [1.82, 2.24) is 5.32 Å². The topological polar surface area (TPSA) is 73.6 Å². The number of carbonyl (C=O) groups excluding carboxylic acids is 1. The van der Waals surface area contributed by atoms with Crippen LogP contribution in [-0.2, 0) is 11.2 Å². The highest BCUT2D eigenvalue weighted by Crippen LogP contribution is 2.26. The number of nitrogens with two attached hydrogens (primary N) is 1. The molecule has 1 atom stereocenters. The summed E-state index contributed by atoms with van der Waals surface area (Å²) in [4.78, 5) is 12.0. The molecule has 0 spiro atoms. The number of hydrogen-bond acceptors (Lipinski definition) is 4. The number of amides is 1. The van der Waals surface area contributed by atoms with Gasteiger partial charge in [0.15, 0.2) is 11.5 Å². The molecule has 122 valence electrons. The Hall–Kier alpha value is -2.69. The third kappa shape index (κ3) is 5.21. The van der Waals surface area contributed by atoms with Crippen LogP contribution in [0, 0.1) is 0 Å². The fraction of sp³-hybridized carbons (Fsp3) is 0.278. The first-order chi connectivity index (χ1) is 11.1. The van der Waals surface area contributed by atoms with E-state index in [0.29, 0.717) is 30.2 Å². The molecule has 3 N–H and O–H groups in total. The van der Waals surface area contributed by atoms with E-state index in [1.54, 1.807) is 19.2 Å². The Morgan fingerprint density at radius 2 is 1.78 bits per heavy atom. The molecule has 0 saturated heterocycles. The van der Waals surface area contributed by atoms with Crippen LogP contribution in [0.15, 0.2) is 48.5 Å². The minimum absolute atomic E-state index is 0.0507. The molecule has 0 radical (unpaired) electrons. The first-order valence-corrected chi connectivity index (χ1v) is 7.49. The predicted octanol–water partition coefficient (Wildman–Crippen LogP) is 2.40. The highest BCUT2D eigenvalue weighted by Gasteiger charge is 2.10. The number of para-hydroxylation sites is 2. The molecule has 0 heterocycles. The van der Waals surface area contributed by atoms with Crippen molar-refractivity contribution < 1.29 is 14.3 Å². The number of nitrogens with one attached hydrogen (secondary N) is 1. The highest BCUT2D eigenvalue weighted by atomic mass is 16.5. The summed E-state index contributed by atoms with van der Waals surface area (Å²) < 4.78 is 11.0. The van der Waals surface area contributed by atoms with Crippen molar-refractivity contribution in [2.45, 2.75) is 19.4 Å².